The van der Waals surface area contributed by atoms with Gasteiger partial charge in [0.2, 0.25) is 6.29 Å². The maximum absolute atomic E-state index is 12.8. The highest BCUT2D eigenvalue weighted by molar-refractivity contribution is 5.91. The number of carbonyl (C=O) groups excluding carboxylic acids is 1. The van der Waals surface area contributed by atoms with Crippen LogP contribution in [0, 0.1) is 11.8 Å². The van der Waals surface area contributed by atoms with Crippen LogP contribution in [0.15, 0.2) is 11.8 Å². The standard InChI is InChI=1S/C22H37NO4/c24-13-7-8-14-26-21-16-18(17-9-3-1-4-10-17)15-20(27-21)22(25)23-19-11-5-2-6-12-19/h15,17-19,21,24H,1-14,16H2,(H,23,25)/t18-,21+/m0/s1. The second-order valence-electron chi connectivity index (χ2n) is 8.49. The molecule has 0 unspecified atom stereocenters. The lowest BCUT2D eigenvalue weighted by atomic mass is 9.77. The summed E-state index contributed by atoms with van der Waals surface area (Å²) in [7, 11) is 0. The van der Waals surface area contributed by atoms with Gasteiger partial charge in [-0.2, -0.15) is 0 Å². The number of rotatable bonds is 8. The number of amides is 1. The minimum Gasteiger partial charge on any atom is -0.459 e. The lowest BCUT2D eigenvalue weighted by Crippen LogP contribution is -2.40. The first-order valence-electron chi connectivity index (χ1n) is 11.2. The van der Waals surface area contributed by atoms with E-state index in [9.17, 15) is 4.79 Å². The van der Waals surface area contributed by atoms with Crippen molar-refractivity contribution in [3.63, 3.8) is 0 Å². The number of hydrogen-bond acceptors (Lipinski definition) is 4. The third-order valence-corrected chi connectivity index (χ3v) is 6.36. The second-order valence-corrected chi connectivity index (χ2v) is 8.49. The van der Waals surface area contributed by atoms with E-state index in [0.29, 0.717) is 24.2 Å². The van der Waals surface area contributed by atoms with E-state index in [1.807, 2.05) is 0 Å². The molecular weight excluding hydrogens is 342 g/mol. The molecule has 2 saturated carbocycles. The number of allylic oxidation sites excluding steroid dienone is 1. The Hall–Kier alpha value is -1.07. The molecule has 2 N–H and O–H groups in total. The fourth-order valence-corrected chi connectivity index (χ4v) is 4.77. The Kier molecular flexibility index (Phi) is 8.46. The minimum absolute atomic E-state index is 0.0635. The van der Waals surface area contributed by atoms with Gasteiger partial charge in [0.05, 0.1) is 6.61 Å². The summed E-state index contributed by atoms with van der Waals surface area (Å²) in [5.74, 6) is 1.42. The number of nitrogens with one attached hydrogen (secondary N) is 1. The molecule has 0 bridgehead atoms. The molecule has 154 valence electrons. The van der Waals surface area contributed by atoms with Crippen molar-refractivity contribution in [1.29, 1.82) is 0 Å². The van der Waals surface area contributed by atoms with E-state index in [0.717, 1.165) is 32.1 Å². The lowest BCUT2D eigenvalue weighted by molar-refractivity contribution is -0.152. The zero-order valence-corrected chi connectivity index (χ0v) is 16.7. The molecule has 1 aliphatic heterocycles. The second kappa shape index (κ2) is 11.1. The molecule has 1 amide bonds. The predicted molar refractivity (Wildman–Crippen MR) is 105 cm³/mol. The topological polar surface area (TPSA) is 67.8 Å². The van der Waals surface area contributed by atoms with Crippen LogP contribution < -0.4 is 5.32 Å². The number of aliphatic hydroxyl groups excluding tert-OH is 1. The summed E-state index contributed by atoms with van der Waals surface area (Å²) in [5.41, 5.74) is 0. The van der Waals surface area contributed by atoms with Crippen LogP contribution >= 0.6 is 0 Å². The largest absolute Gasteiger partial charge is 0.459 e. The van der Waals surface area contributed by atoms with Crippen molar-refractivity contribution >= 4 is 5.91 Å². The Labute approximate surface area is 163 Å². The first kappa shape index (κ1) is 20.7. The average molecular weight is 380 g/mol. The number of unbranched alkanes of at least 4 members (excludes halogenated alkanes) is 1. The van der Waals surface area contributed by atoms with Gasteiger partial charge in [-0.1, -0.05) is 38.5 Å². The van der Waals surface area contributed by atoms with Crippen molar-refractivity contribution in [3.05, 3.63) is 11.8 Å². The number of aliphatic hydroxyl groups is 1. The Morgan fingerprint density at radius 3 is 2.48 bits per heavy atom. The molecule has 5 heteroatoms. The smallest absolute Gasteiger partial charge is 0.286 e. The van der Waals surface area contributed by atoms with Crippen molar-refractivity contribution in [1.82, 2.24) is 5.32 Å². The first-order valence-corrected chi connectivity index (χ1v) is 11.2. The maximum atomic E-state index is 12.8. The van der Waals surface area contributed by atoms with Crippen molar-refractivity contribution in [2.45, 2.75) is 95.8 Å². The van der Waals surface area contributed by atoms with E-state index in [1.54, 1.807) is 0 Å². The van der Waals surface area contributed by atoms with Crippen molar-refractivity contribution in [2.75, 3.05) is 13.2 Å². The quantitative estimate of drug-likeness (QED) is 0.624. The Bertz CT molecular complexity index is 481. The third-order valence-electron chi connectivity index (χ3n) is 6.36. The van der Waals surface area contributed by atoms with Crippen LogP contribution in [-0.4, -0.2) is 36.6 Å². The molecule has 5 nitrogen and oxygen atoms in total. The van der Waals surface area contributed by atoms with E-state index in [4.69, 9.17) is 14.6 Å². The Balaban J connectivity index is 1.60. The van der Waals surface area contributed by atoms with Gasteiger partial charge in [0, 0.05) is 19.1 Å². The van der Waals surface area contributed by atoms with Crippen molar-refractivity contribution in [3.8, 4) is 0 Å². The normalized spacial score (nSPS) is 27.7. The molecule has 0 spiro atoms. The van der Waals surface area contributed by atoms with Gasteiger partial charge in [0.1, 0.15) is 0 Å². The fourth-order valence-electron chi connectivity index (χ4n) is 4.77. The lowest BCUT2D eigenvalue weighted by Gasteiger charge is -2.35. The molecule has 3 aliphatic rings. The van der Waals surface area contributed by atoms with Gasteiger partial charge in [-0.05, 0) is 56.4 Å². The summed E-state index contributed by atoms with van der Waals surface area (Å²) in [6.45, 7) is 0.759. The molecule has 0 aromatic rings. The zero-order valence-electron chi connectivity index (χ0n) is 16.7. The minimum atomic E-state index is -0.340. The SMILES string of the molecule is O=C(NC1CCCCC1)C1=C[C@H](C2CCCCC2)C[C@H](OCCCCO)O1. The summed E-state index contributed by atoms with van der Waals surface area (Å²) >= 11 is 0. The molecule has 0 aromatic carbocycles. The van der Waals surface area contributed by atoms with E-state index in [2.05, 4.69) is 11.4 Å². The van der Waals surface area contributed by atoms with Gasteiger partial charge in [-0.15, -0.1) is 0 Å². The highest BCUT2D eigenvalue weighted by Gasteiger charge is 2.33. The zero-order chi connectivity index (χ0) is 18.9. The molecular formula is C22H37NO4. The molecule has 2 atom stereocenters. The number of ether oxygens (including phenoxy) is 2. The fraction of sp³-hybridized carbons (Fsp3) is 0.864. The van der Waals surface area contributed by atoms with Gasteiger partial charge in [0.25, 0.3) is 5.91 Å². The van der Waals surface area contributed by atoms with Gasteiger partial charge in [0.15, 0.2) is 5.76 Å². The summed E-state index contributed by atoms with van der Waals surface area (Å²) in [6, 6.07) is 0.287. The van der Waals surface area contributed by atoms with Crippen LogP contribution in [-0.2, 0) is 14.3 Å². The molecule has 0 radical (unpaired) electrons. The van der Waals surface area contributed by atoms with Crippen LogP contribution in [0.4, 0.5) is 0 Å². The van der Waals surface area contributed by atoms with E-state index in [-0.39, 0.29) is 24.8 Å². The van der Waals surface area contributed by atoms with Crippen LogP contribution in [0.2, 0.25) is 0 Å². The van der Waals surface area contributed by atoms with Crippen LogP contribution in [0.5, 0.6) is 0 Å². The van der Waals surface area contributed by atoms with Gasteiger partial charge >= 0.3 is 0 Å². The average Bonchev–Trinajstić information content (AvgIpc) is 2.72. The highest BCUT2D eigenvalue weighted by Crippen LogP contribution is 2.37. The summed E-state index contributed by atoms with van der Waals surface area (Å²) < 4.78 is 11.9. The summed E-state index contributed by atoms with van der Waals surface area (Å²) in [5, 5.41) is 12.1. The maximum Gasteiger partial charge on any atom is 0.286 e. The summed E-state index contributed by atoms with van der Waals surface area (Å²) in [6.07, 6.45) is 16.4. The predicted octanol–water partition coefficient (Wildman–Crippen LogP) is 4.05. The summed E-state index contributed by atoms with van der Waals surface area (Å²) in [4.78, 5) is 12.8. The molecule has 0 saturated heterocycles. The van der Waals surface area contributed by atoms with E-state index >= 15 is 0 Å². The highest BCUT2D eigenvalue weighted by atomic mass is 16.7. The molecule has 27 heavy (non-hydrogen) atoms. The third kappa shape index (κ3) is 6.49. The van der Waals surface area contributed by atoms with Gasteiger partial charge in [-0.25, -0.2) is 0 Å². The van der Waals surface area contributed by atoms with Crippen molar-refractivity contribution < 1.29 is 19.4 Å². The molecule has 2 fully saturated rings. The van der Waals surface area contributed by atoms with E-state index in [1.165, 1.54) is 51.4 Å². The van der Waals surface area contributed by atoms with Gasteiger partial charge < -0.3 is 19.9 Å². The number of carbonyl (C=O) groups is 1. The molecule has 3 rings (SSSR count). The van der Waals surface area contributed by atoms with Crippen LogP contribution in [0.25, 0.3) is 0 Å². The van der Waals surface area contributed by atoms with Crippen LogP contribution in [0.3, 0.4) is 0 Å². The Morgan fingerprint density at radius 1 is 1.07 bits per heavy atom. The Morgan fingerprint density at radius 2 is 1.78 bits per heavy atom. The van der Waals surface area contributed by atoms with E-state index < -0.39 is 0 Å². The molecule has 0 aromatic heterocycles. The van der Waals surface area contributed by atoms with Crippen molar-refractivity contribution in [2.24, 2.45) is 11.8 Å². The molecule has 1 heterocycles. The van der Waals surface area contributed by atoms with Gasteiger partial charge in [-0.3, -0.25) is 4.79 Å². The van der Waals surface area contributed by atoms with Crippen LogP contribution in [0.1, 0.15) is 83.5 Å². The number of hydrogen-bond donors (Lipinski definition) is 2. The first-order chi connectivity index (χ1) is 13.3. The monoisotopic (exact) mass is 379 g/mol. The molecule has 2 aliphatic carbocycles.